The van der Waals surface area contributed by atoms with Gasteiger partial charge in [0.05, 0.1) is 0 Å². The molecule has 0 radical (unpaired) electrons. The van der Waals surface area contributed by atoms with Crippen LogP contribution in [0.1, 0.15) is 32.6 Å². The van der Waals surface area contributed by atoms with E-state index in [1.54, 1.807) is 0 Å². The molecule has 0 aromatic rings. The number of nitrogens with two attached hydrogens (primary N) is 1. The van der Waals surface area contributed by atoms with E-state index in [4.69, 9.17) is 10.9 Å². The van der Waals surface area contributed by atoms with Crippen molar-refractivity contribution in [2.45, 2.75) is 38.6 Å². The van der Waals surface area contributed by atoms with Gasteiger partial charge < -0.3 is 15.8 Å². The maximum absolute atomic E-state index is 12.2. The summed E-state index contributed by atoms with van der Waals surface area (Å²) in [6.45, 7) is 2.68. The van der Waals surface area contributed by atoms with Gasteiger partial charge in [-0.1, -0.05) is 5.16 Å². The lowest BCUT2D eigenvalue weighted by Crippen LogP contribution is -2.44. The first-order valence-electron chi connectivity index (χ1n) is 5.45. The van der Waals surface area contributed by atoms with Crippen LogP contribution in [-0.4, -0.2) is 34.4 Å². The van der Waals surface area contributed by atoms with E-state index in [1.165, 1.54) is 0 Å². The van der Waals surface area contributed by atoms with Gasteiger partial charge in [-0.25, -0.2) is 0 Å². The van der Waals surface area contributed by atoms with Gasteiger partial charge in [-0.3, -0.25) is 4.79 Å². The minimum Gasteiger partial charge on any atom is -0.409 e. The number of amidine groups is 1. The minimum atomic E-state index is -0.673. The summed E-state index contributed by atoms with van der Waals surface area (Å²) in [4.78, 5) is 14.1. The van der Waals surface area contributed by atoms with Crippen LogP contribution in [0.2, 0.25) is 0 Å². The molecule has 1 amide bonds. The Labute approximate surface area is 88.9 Å². The third-order valence-corrected chi connectivity index (χ3v) is 3.35. The number of rotatable bonds is 4. The van der Waals surface area contributed by atoms with Gasteiger partial charge in [0, 0.05) is 12.6 Å². The molecule has 0 bridgehead atoms. The molecule has 2 rings (SSSR count). The highest BCUT2D eigenvalue weighted by atomic mass is 16.4. The summed E-state index contributed by atoms with van der Waals surface area (Å²) in [7, 11) is 0. The zero-order chi connectivity index (χ0) is 11.1. The predicted octanol–water partition coefficient (Wildman–Crippen LogP) is 0.524. The van der Waals surface area contributed by atoms with Crippen LogP contribution >= 0.6 is 0 Å². The molecule has 2 fully saturated rings. The largest absolute Gasteiger partial charge is 0.409 e. The smallest absolute Gasteiger partial charge is 0.236 e. The molecule has 3 N–H and O–H groups in total. The molecule has 5 heteroatoms. The van der Waals surface area contributed by atoms with Crippen molar-refractivity contribution in [1.82, 2.24) is 4.90 Å². The fourth-order valence-electron chi connectivity index (χ4n) is 2.03. The Bertz CT molecular complexity index is 306. The summed E-state index contributed by atoms with van der Waals surface area (Å²) in [5, 5.41) is 11.6. The molecule has 0 aromatic heterocycles. The average Bonchev–Trinajstić information content (AvgIpc) is 3.09. The van der Waals surface area contributed by atoms with E-state index in [0.29, 0.717) is 25.4 Å². The summed E-state index contributed by atoms with van der Waals surface area (Å²) in [5.41, 5.74) is 4.91. The Morgan fingerprint density at radius 1 is 1.60 bits per heavy atom. The van der Waals surface area contributed by atoms with Gasteiger partial charge >= 0.3 is 0 Å². The number of amides is 1. The van der Waals surface area contributed by atoms with E-state index in [2.05, 4.69) is 5.16 Å². The number of hydrogen-bond acceptors (Lipinski definition) is 3. The standard InChI is InChI=1S/C10H17N3O2/c1-2-13(7-3-4-7)9(14)10(5-6-10)8(11)12-15/h7,15H,2-6H2,1H3,(H2,11,12). The van der Waals surface area contributed by atoms with Gasteiger partial charge in [-0.2, -0.15) is 0 Å². The van der Waals surface area contributed by atoms with Crippen molar-refractivity contribution >= 4 is 11.7 Å². The van der Waals surface area contributed by atoms with Gasteiger partial charge in [0.1, 0.15) is 5.41 Å². The SMILES string of the molecule is CCN(C(=O)C1(C(N)=NO)CC1)C1CC1. The van der Waals surface area contributed by atoms with Gasteiger partial charge in [-0.05, 0) is 32.6 Å². The lowest BCUT2D eigenvalue weighted by Gasteiger charge is -2.25. The van der Waals surface area contributed by atoms with Crippen molar-refractivity contribution in [3.8, 4) is 0 Å². The number of hydrogen-bond donors (Lipinski definition) is 2. The number of nitrogens with zero attached hydrogens (tertiary/aromatic N) is 2. The first kappa shape index (κ1) is 10.3. The average molecular weight is 211 g/mol. The summed E-state index contributed by atoms with van der Waals surface area (Å²) >= 11 is 0. The molecule has 0 atom stereocenters. The minimum absolute atomic E-state index is 0.0443. The molecular formula is C10H17N3O2. The van der Waals surface area contributed by atoms with Crippen LogP contribution < -0.4 is 5.73 Å². The molecule has 0 heterocycles. The Hall–Kier alpha value is -1.26. The van der Waals surface area contributed by atoms with Crippen LogP contribution in [0.5, 0.6) is 0 Å². The van der Waals surface area contributed by atoms with Crippen LogP contribution in [0.15, 0.2) is 5.16 Å². The Morgan fingerprint density at radius 3 is 2.53 bits per heavy atom. The van der Waals surface area contributed by atoms with Crippen molar-refractivity contribution < 1.29 is 10.0 Å². The van der Waals surface area contributed by atoms with Gasteiger partial charge in [0.15, 0.2) is 5.84 Å². The quantitative estimate of drug-likeness (QED) is 0.308. The molecule has 5 nitrogen and oxygen atoms in total. The lowest BCUT2D eigenvalue weighted by molar-refractivity contribution is -0.135. The topological polar surface area (TPSA) is 78.9 Å². The Balaban J connectivity index is 2.12. The van der Waals surface area contributed by atoms with Crippen LogP contribution in [0.25, 0.3) is 0 Å². The van der Waals surface area contributed by atoms with E-state index in [0.717, 1.165) is 12.8 Å². The summed E-state index contributed by atoms with van der Waals surface area (Å²) in [6.07, 6.45) is 3.60. The monoisotopic (exact) mass is 211 g/mol. The molecular weight excluding hydrogens is 194 g/mol. The Kier molecular flexibility index (Phi) is 2.32. The third-order valence-electron chi connectivity index (χ3n) is 3.35. The van der Waals surface area contributed by atoms with Crippen LogP contribution in [-0.2, 0) is 4.79 Å². The molecule has 2 saturated carbocycles. The zero-order valence-corrected chi connectivity index (χ0v) is 8.94. The van der Waals surface area contributed by atoms with E-state index >= 15 is 0 Å². The Morgan fingerprint density at radius 2 is 2.20 bits per heavy atom. The van der Waals surface area contributed by atoms with Crippen LogP contribution in [0.3, 0.4) is 0 Å². The van der Waals surface area contributed by atoms with E-state index < -0.39 is 5.41 Å². The van der Waals surface area contributed by atoms with Crippen molar-refractivity contribution in [1.29, 1.82) is 0 Å². The fourth-order valence-corrected chi connectivity index (χ4v) is 2.03. The van der Waals surface area contributed by atoms with Crippen molar-refractivity contribution in [3.63, 3.8) is 0 Å². The summed E-state index contributed by atoms with van der Waals surface area (Å²) < 4.78 is 0. The maximum Gasteiger partial charge on any atom is 0.236 e. The zero-order valence-electron chi connectivity index (χ0n) is 8.94. The molecule has 0 saturated heterocycles. The first-order valence-corrected chi connectivity index (χ1v) is 5.45. The van der Waals surface area contributed by atoms with E-state index in [9.17, 15) is 4.79 Å². The summed E-state index contributed by atoms with van der Waals surface area (Å²) in [5.74, 6) is 0.120. The van der Waals surface area contributed by atoms with Gasteiger partial charge in [-0.15, -0.1) is 0 Å². The highest BCUT2D eigenvalue weighted by Crippen LogP contribution is 2.48. The summed E-state index contributed by atoms with van der Waals surface area (Å²) in [6, 6.07) is 0.395. The molecule has 84 valence electrons. The number of oxime groups is 1. The van der Waals surface area contributed by atoms with Crippen LogP contribution in [0, 0.1) is 5.41 Å². The first-order chi connectivity index (χ1) is 7.15. The maximum atomic E-state index is 12.2. The fraction of sp³-hybridized carbons (Fsp3) is 0.800. The van der Waals surface area contributed by atoms with Crippen LogP contribution in [0.4, 0.5) is 0 Å². The molecule has 2 aliphatic carbocycles. The van der Waals surface area contributed by atoms with Gasteiger partial charge in [0.25, 0.3) is 0 Å². The molecule has 2 aliphatic rings. The normalized spacial score (nSPS) is 23.7. The second-order valence-corrected chi connectivity index (χ2v) is 4.39. The highest BCUT2D eigenvalue weighted by Gasteiger charge is 2.57. The molecule has 0 aromatic carbocycles. The van der Waals surface area contributed by atoms with Crippen molar-refractivity contribution in [2.24, 2.45) is 16.3 Å². The molecule has 0 spiro atoms. The molecule has 15 heavy (non-hydrogen) atoms. The number of carbonyl (C=O) groups excluding carboxylic acids is 1. The second-order valence-electron chi connectivity index (χ2n) is 4.39. The van der Waals surface area contributed by atoms with Gasteiger partial charge in [0.2, 0.25) is 5.91 Å². The third kappa shape index (κ3) is 1.56. The predicted molar refractivity (Wildman–Crippen MR) is 55.5 cm³/mol. The van der Waals surface area contributed by atoms with E-state index in [1.807, 2.05) is 11.8 Å². The molecule has 0 unspecified atom stereocenters. The molecule has 0 aliphatic heterocycles. The highest BCUT2D eigenvalue weighted by molar-refractivity contribution is 6.09. The van der Waals surface area contributed by atoms with E-state index in [-0.39, 0.29) is 11.7 Å². The second kappa shape index (κ2) is 3.40. The lowest BCUT2D eigenvalue weighted by atomic mass is 10.0. The van der Waals surface area contributed by atoms with Crippen molar-refractivity contribution in [3.05, 3.63) is 0 Å². The number of carbonyl (C=O) groups is 1. The van der Waals surface area contributed by atoms with Crippen molar-refractivity contribution in [2.75, 3.05) is 6.54 Å².